The summed E-state index contributed by atoms with van der Waals surface area (Å²) in [6.07, 6.45) is 5.51. The third-order valence-corrected chi connectivity index (χ3v) is 8.32. The zero-order valence-corrected chi connectivity index (χ0v) is 22.3. The standard InChI is InChI=1S/C28H47F3O5/c1-4-5-16-27(3,28(29,30)31)17-11-13-21-20(2)19-23(32)22(21)12-7-6-8-14-24(26(33)34)36-25-15-9-10-18-35-25/h6-7,20-25,32H,4-5,8-19H2,1-3H3,(H,33,34)/t20-,21+,22-,23+,24?,25-,27-/m1/s1. The van der Waals surface area contributed by atoms with E-state index >= 15 is 0 Å². The Hall–Kier alpha value is -1.12. The van der Waals surface area contributed by atoms with Gasteiger partial charge in [0.1, 0.15) is 0 Å². The first-order valence-corrected chi connectivity index (χ1v) is 13.9. The second kappa shape index (κ2) is 14.7. The normalized spacial score (nSPS) is 29.9. The van der Waals surface area contributed by atoms with Crippen molar-refractivity contribution in [3.8, 4) is 0 Å². The molecule has 0 aromatic carbocycles. The van der Waals surface area contributed by atoms with Crippen molar-refractivity contribution < 1.29 is 37.7 Å². The summed E-state index contributed by atoms with van der Waals surface area (Å²) in [6.45, 7) is 5.94. The number of carboxylic acid groups (broad SMARTS) is 1. The Labute approximate surface area is 214 Å². The highest BCUT2D eigenvalue weighted by atomic mass is 19.4. The van der Waals surface area contributed by atoms with Crippen LogP contribution >= 0.6 is 0 Å². The predicted molar refractivity (Wildman–Crippen MR) is 133 cm³/mol. The molecule has 0 spiro atoms. The molecule has 0 aromatic rings. The van der Waals surface area contributed by atoms with Gasteiger partial charge in [-0.25, -0.2) is 4.79 Å². The van der Waals surface area contributed by atoms with Gasteiger partial charge in [0.05, 0.1) is 11.5 Å². The Morgan fingerprint density at radius 2 is 1.89 bits per heavy atom. The number of rotatable bonds is 15. The summed E-state index contributed by atoms with van der Waals surface area (Å²) in [6, 6.07) is 0. The van der Waals surface area contributed by atoms with Gasteiger partial charge in [-0.15, -0.1) is 0 Å². The lowest BCUT2D eigenvalue weighted by atomic mass is 9.76. The molecule has 5 nitrogen and oxygen atoms in total. The molecule has 36 heavy (non-hydrogen) atoms. The average molecular weight is 521 g/mol. The number of aliphatic carboxylic acids is 1. The van der Waals surface area contributed by atoms with Crippen LogP contribution in [-0.2, 0) is 14.3 Å². The van der Waals surface area contributed by atoms with Crippen LogP contribution in [0.2, 0.25) is 0 Å². The van der Waals surface area contributed by atoms with Crippen LogP contribution in [0.5, 0.6) is 0 Å². The highest BCUT2D eigenvalue weighted by Crippen LogP contribution is 2.48. The number of carboxylic acids is 1. The van der Waals surface area contributed by atoms with E-state index in [-0.39, 0.29) is 30.6 Å². The number of allylic oxidation sites excluding steroid dienone is 2. The van der Waals surface area contributed by atoms with Crippen LogP contribution < -0.4 is 0 Å². The van der Waals surface area contributed by atoms with Gasteiger partial charge in [0.2, 0.25) is 0 Å². The number of unbranched alkanes of at least 4 members (excludes halogenated alkanes) is 1. The molecule has 2 N–H and O–H groups in total. The second-order valence-corrected chi connectivity index (χ2v) is 11.2. The summed E-state index contributed by atoms with van der Waals surface area (Å²) in [5.41, 5.74) is -1.65. The van der Waals surface area contributed by atoms with Crippen molar-refractivity contribution in [1.29, 1.82) is 0 Å². The van der Waals surface area contributed by atoms with Gasteiger partial charge in [0, 0.05) is 6.61 Å². The highest BCUT2D eigenvalue weighted by Gasteiger charge is 2.50. The van der Waals surface area contributed by atoms with E-state index in [4.69, 9.17) is 9.47 Å². The first kappa shape index (κ1) is 31.1. The molecule has 1 saturated heterocycles. The van der Waals surface area contributed by atoms with Crippen molar-refractivity contribution in [2.45, 2.75) is 129 Å². The molecule has 1 heterocycles. The van der Waals surface area contributed by atoms with Crippen molar-refractivity contribution >= 4 is 5.97 Å². The Morgan fingerprint density at radius 1 is 1.17 bits per heavy atom. The first-order chi connectivity index (χ1) is 17.0. The molecule has 2 aliphatic rings. The summed E-state index contributed by atoms with van der Waals surface area (Å²) in [5, 5.41) is 20.1. The van der Waals surface area contributed by atoms with Gasteiger partial charge in [-0.1, -0.05) is 52.2 Å². The number of hydrogen-bond donors (Lipinski definition) is 2. The van der Waals surface area contributed by atoms with E-state index in [9.17, 15) is 28.2 Å². The molecule has 1 aliphatic heterocycles. The fourth-order valence-electron chi connectivity index (χ4n) is 5.84. The summed E-state index contributed by atoms with van der Waals surface area (Å²) < 4.78 is 52.3. The van der Waals surface area contributed by atoms with Crippen molar-refractivity contribution in [2.24, 2.45) is 23.2 Å². The van der Waals surface area contributed by atoms with Crippen molar-refractivity contribution in [3.63, 3.8) is 0 Å². The zero-order chi connectivity index (χ0) is 26.8. The Bertz CT molecular complexity index is 677. The number of halogens is 3. The van der Waals surface area contributed by atoms with E-state index in [2.05, 4.69) is 6.92 Å². The van der Waals surface area contributed by atoms with Gasteiger partial charge in [0.15, 0.2) is 12.4 Å². The molecule has 0 aromatic heterocycles. The van der Waals surface area contributed by atoms with E-state index < -0.39 is 36.1 Å². The second-order valence-electron chi connectivity index (χ2n) is 11.2. The molecule has 210 valence electrons. The molecule has 7 atom stereocenters. The van der Waals surface area contributed by atoms with E-state index in [1.807, 2.05) is 19.1 Å². The van der Waals surface area contributed by atoms with Gasteiger partial charge in [-0.2, -0.15) is 13.2 Å². The van der Waals surface area contributed by atoms with Crippen molar-refractivity contribution in [2.75, 3.05) is 6.61 Å². The van der Waals surface area contributed by atoms with E-state index in [0.29, 0.717) is 58.0 Å². The van der Waals surface area contributed by atoms with Crippen molar-refractivity contribution in [3.05, 3.63) is 12.2 Å². The predicted octanol–water partition coefficient (Wildman–Crippen LogP) is 7.27. The number of alkyl halides is 3. The third-order valence-electron chi connectivity index (χ3n) is 8.32. The molecular formula is C28H47F3O5. The maximum atomic E-state index is 13.7. The van der Waals surface area contributed by atoms with Crippen LogP contribution in [0.1, 0.15) is 104 Å². The van der Waals surface area contributed by atoms with Crippen LogP contribution in [-0.4, -0.2) is 47.5 Å². The largest absolute Gasteiger partial charge is 0.479 e. The molecule has 0 amide bonds. The maximum Gasteiger partial charge on any atom is 0.394 e. The zero-order valence-electron chi connectivity index (χ0n) is 22.3. The van der Waals surface area contributed by atoms with Gasteiger partial charge < -0.3 is 19.7 Å². The number of aliphatic hydroxyl groups excluding tert-OH is 1. The molecule has 0 bridgehead atoms. The highest BCUT2D eigenvalue weighted by molar-refractivity contribution is 5.72. The van der Waals surface area contributed by atoms with Crippen LogP contribution in [0.4, 0.5) is 13.2 Å². The summed E-state index contributed by atoms with van der Waals surface area (Å²) in [5.74, 6) is -0.521. The molecule has 8 heteroatoms. The topological polar surface area (TPSA) is 76.0 Å². The number of ether oxygens (including phenoxy) is 2. The molecule has 0 radical (unpaired) electrons. The van der Waals surface area contributed by atoms with Gasteiger partial charge in [-0.05, 0) is 82.0 Å². The van der Waals surface area contributed by atoms with Crippen LogP contribution in [0, 0.1) is 23.2 Å². The minimum atomic E-state index is -4.20. The Morgan fingerprint density at radius 3 is 2.50 bits per heavy atom. The smallest absolute Gasteiger partial charge is 0.394 e. The van der Waals surface area contributed by atoms with Crippen LogP contribution in [0.3, 0.4) is 0 Å². The lowest BCUT2D eigenvalue weighted by Crippen LogP contribution is -2.35. The van der Waals surface area contributed by atoms with E-state index in [1.165, 1.54) is 6.92 Å². The Balaban J connectivity index is 1.84. The summed E-state index contributed by atoms with van der Waals surface area (Å²) in [4.78, 5) is 11.6. The summed E-state index contributed by atoms with van der Waals surface area (Å²) >= 11 is 0. The fourth-order valence-corrected chi connectivity index (χ4v) is 5.84. The third kappa shape index (κ3) is 9.32. The Kier molecular flexibility index (Phi) is 12.7. The number of carbonyl (C=O) groups is 1. The van der Waals surface area contributed by atoms with Gasteiger partial charge >= 0.3 is 12.1 Å². The maximum absolute atomic E-state index is 13.7. The minimum Gasteiger partial charge on any atom is -0.479 e. The molecule has 1 unspecified atom stereocenters. The van der Waals surface area contributed by atoms with Crippen LogP contribution in [0.25, 0.3) is 0 Å². The average Bonchev–Trinajstić information content (AvgIpc) is 3.08. The number of aliphatic hydroxyl groups is 1. The lowest BCUT2D eigenvalue weighted by molar-refractivity contribution is -0.223. The molecule has 1 aliphatic carbocycles. The molecular weight excluding hydrogens is 473 g/mol. The van der Waals surface area contributed by atoms with E-state index in [1.54, 1.807) is 0 Å². The van der Waals surface area contributed by atoms with Gasteiger partial charge in [0.25, 0.3) is 0 Å². The molecule has 2 fully saturated rings. The first-order valence-electron chi connectivity index (χ1n) is 13.9. The lowest BCUT2D eigenvalue weighted by Gasteiger charge is -2.33. The SMILES string of the molecule is CCCC[C@](C)(CCC[C@@H]1[C@@H](CC=CCCC(O[C@@H]2CCCCO2)C(=O)O)[C@@H](O)C[C@H]1C)C(F)(F)F. The van der Waals surface area contributed by atoms with E-state index in [0.717, 1.165) is 19.3 Å². The quantitative estimate of drug-likeness (QED) is 0.222. The van der Waals surface area contributed by atoms with Gasteiger partial charge in [-0.3, -0.25) is 0 Å². The molecule has 1 saturated carbocycles. The minimum absolute atomic E-state index is 0.0196. The molecule has 2 rings (SSSR count). The summed E-state index contributed by atoms with van der Waals surface area (Å²) in [7, 11) is 0. The van der Waals surface area contributed by atoms with Crippen LogP contribution in [0.15, 0.2) is 12.2 Å². The number of hydrogen-bond acceptors (Lipinski definition) is 4. The monoisotopic (exact) mass is 520 g/mol. The van der Waals surface area contributed by atoms with Crippen molar-refractivity contribution in [1.82, 2.24) is 0 Å². The fraction of sp³-hybridized carbons (Fsp3) is 0.893.